The minimum Gasteiger partial charge on any atom is -0.371 e. The minimum atomic E-state index is -0.614. The number of rotatable bonds is 4. The predicted molar refractivity (Wildman–Crippen MR) is 104 cm³/mol. The van der Waals surface area contributed by atoms with Crippen LogP contribution < -0.4 is 10.2 Å². The van der Waals surface area contributed by atoms with E-state index >= 15 is 0 Å². The van der Waals surface area contributed by atoms with Crippen molar-refractivity contribution in [3.63, 3.8) is 0 Å². The zero-order valence-electron chi connectivity index (χ0n) is 15.1. The second-order valence-corrected chi connectivity index (χ2v) is 7.54. The molecular weight excluding hydrogens is 351 g/mol. The van der Waals surface area contributed by atoms with Crippen molar-refractivity contribution in [1.82, 2.24) is 5.32 Å². The number of hydrogen-bond acceptors (Lipinski definition) is 2. The normalized spacial score (nSPS) is 18.5. The van der Waals surface area contributed by atoms with Crippen LogP contribution in [-0.4, -0.2) is 19.0 Å². The first-order valence-electron chi connectivity index (χ1n) is 9.05. The first kappa shape index (κ1) is 18.7. The molecule has 2 aromatic carbocycles. The lowest BCUT2D eigenvalue weighted by atomic mass is 9.99. The number of benzene rings is 2. The number of anilines is 1. The van der Waals surface area contributed by atoms with Gasteiger partial charge in [-0.3, -0.25) is 4.79 Å². The van der Waals surface area contributed by atoms with Crippen molar-refractivity contribution in [3.8, 4) is 0 Å². The van der Waals surface area contributed by atoms with E-state index in [0.717, 1.165) is 30.6 Å². The third-order valence-electron chi connectivity index (χ3n) is 4.94. The van der Waals surface area contributed by atoms with Crippen LogP contribution >= 0.6 is 11.6 Å². The maximum atomic E-state index is 13.9. The molecule has 3 nitrogen and oxygen atoms in total. The molecule has 1 saturated heterocycles. The number of carbonyl (C=O) groups excluding carboxylic acids is 1. The summed E-state index contributed by atoms with van der Waals surface area (Å²) in [6, 6.07) is 12.1. The monoisotopic (exact) mass is 374 g/mol. The van der Waals surface area contributed by atoms with Gasteiger partial charge in [-0.05, 0) is 61.6 Å². The lowest BCUT2D eigenvalue weighted by Crippen LogP contribution is -2.34. The highest BCUT2D eigenvalue weighted by molar-refractivity contribution is 6.30. The number of piperidine rings is 1. The predicted octanol–water partition coefficient (Wildman–Crippen LogP) is 5.21. The summed E-state index contributed by atoms with van der Waals surface area (Å²) in [6.45, 7) is 6.35. The van der Waals surface area contributed by atoms with Gasteiger partial charge in [0, 0.05) is 23.8 Å². The third-order valence-corrected chi connectivity index (χ3v) is 5.17. The van der Waals surface area contributed by atoms with Crippen LogP contribution in [0.25, 0.3) is 0 Å². The van der Waals surface area contributed by atoms with E-state index in [2.05, 4.69) is 29.3 Å². The van der Waals surface area contributed by atoms with Crippen LogP contribution in [0.15, 0.2) is 42.5 Å². The maximum Gasteiger partial charge on any atom is 0.254 e. The Kier molecular flexibility index (Phi) is 5.82. The highest BCUT2D eigenvalue weighted by atomic mass is 35.5. The largest absolute Gasteiger partial charge is 0.371 e. The Morgan fingerprint density at radius 1 is 1.27 bits per heavy atom. The molecule has 0 aromatic heterocycles. The van der Waals surface area contributed by atoms with Crippen LogP contribution in [0.2, 0.25) is 5.02 Å². The van der Waals surface area contributed by atoms with E-state index in [9.17, 15) is 9.18 Å². The molecule has 0 saturated carbocycles. The fraction of sp³-hybridized carbons (Fsp3) is 0.381. The second kappa shape index (κ2) is 8.09. The zero-order chi connectivity index (χ0) is 18.7. The topological polar surface area (TPSA) is 32.3 Å². The van der Waals surface area contributed by atoms with E-state index in [0.29, 0.717) is 0 Å². The number of nitrogens with zero attached hydrogens (tertiary/aromatic N) is 1. The summed E-state index contributed by atoms with van der Waals surface area (Å²) in [4.78, 5) is 14.7. The van der Waals surface area contributed by atoms with Crippen LogP contribution in [0.1, 0.15) is 48.7 Å². The van der Waals surface area contributed by atoms with Crippen LogP contribution in [0, 0.1) is 11.7 Å². The molecule has 0 unspecified atom stereocenters. The molecule has 1 heterocycles. The van der Waals surface area contributed by atoms with Crippen LogP contribution in [-0.2, 0) is 0 Å². The van der Waals surface area contributed by atoms with Crippen molar-refractivity contribution in [3.05, 3.63) is 64.4 Å². The van der Waals surface area contributed by atoms with Gasteiger partial charge in [0.15, 0.2) is 0 Å². The molecule has 138 valence electrons. The molecule has 2 atom stereocenters. The number of hydrogen-bond donors (Lipinski definition) is 1. The van der Waals surface area contributed by atoms with Gasteiger partial charge in [-0.2, -0.15) is 0 Å². The Balaban J connectivity index is 1.66. The van der Waals surface area contributed by atoms with E-state index in [1.807, 2.05) is 19.1 Å². The van der Waals surface area contributed by atoms with Crippen molar-refractivity contribution >= 4 is 23.2 Å². The molecule has 5 heteroatoms. The first-order chi connectivity index (χ1) is 12.4. The fourth-order valence-corrected chi connectivity index (χ4v) is 3.59. The molecule has 1 aliphatic rings. The van der Waals surface area contributed by atoms with Gasteiger partial charge in [0.1, 0.15) is 5.82 Å². The number of carbonyl (C=O) groups is 1. The molecule has 0 spiro atoms. The molecule has 1 fully saturated rings. The quantitative estimate of drug-likeness (QED) is 0.797. The third kappa shape index (κ3) is 4.36. The molecule has 1 amide bonds. The van der Waals surface area contributed by atoms with Gasteiger partial charge >= 0.3 is 0 Å². The Labute approximate surface area is 159 Å². The van der Waals surface area contributed by atoms with Gasteiger partial charge in [0.25, 0.3) is 5.91 Å². The number of amides is 1. The lowest BCUT2D eigenvalue weighted by Gasteiger charge is -2.33. The molecule has 2 aromatic rings. The standard InChI is InChI=1S/C21H24ClFN2O/c1-14-4-3-11-25(13-14)18-8-5-16(6-9-18)15(2)24-21(26)19-10-7-17(22)12-20(19)23/h5-10,12,14-15H,3-4,11,13H2,1-2H3,(H,24,26)/t14-,15+/m0/s1. The summed E-state index contributed by atoms with van der Waals surface area (Å²) in [6.07, 6.45) is 2.51. The van der Waals surface area contributed by atoms with Crippen molar-refractivity contribution in [2.75, 3.05) is 18.0 Å². The van der Waals surface area contributed by atoms with Crippen LogP contribution in [0.5, 0.6) is 0 Å². The highest BCUT2D eigenvalue weighted by Gasteiger charge is 2.18. The lowest BCUT2D eigenvalue weighted by molar-refractivity contribution is 0.0936. The Morgan fingerprint density at radius 3 is 2.65 bits per heavy atom. The van der Waals surface area contributed by atoms with E-state index in [-0.39, 0.29) is 16.6 Å². The summed E-state index contributed by atoms with van der Waals surface area (Å²) in [7, 11) is 0. The summed E-state index contributed by atoms with van der Waals surface area (Å²) in [5.74, 6) is -0.340. The van der Waals surface area contributed by atoms with Crippen LogP contribution in [0.3, 0.4) is 0 Å². The van der Waals surface area contributed by atoms with Crippen molar-refractivity contribution < 1.29 is 9.18 Å². The maximum absolute atomic E-state index is 13.9. The average Bonchev–Trinajstić information content (AvgIpc) is 2.61. The van der Waals surface area contributed by atoms with E-state index in [1.165, 1.54) is 30.7 Å². The highest BCUT2D eigenvalue weighted by Crippen LogP contribution is 2.25. The Morgan fingerprint density at radius 2 is 2.00 bits per heavy atom. The molecule has 0 bridgehead atoms. The smallest absolute Gasteiger partial charge is 0.254 e. The fourth-order valence-electron chi connectivity index (χ4n) is 3.43. The Hall–Kier alpha value is -2.07. The first-order valence-corrected chi connectivity index (χ1v) is 9.42. The van der Waals surface area contributed by atoms with Crippen molar-refractivity contribution in [2.24, 2.45) is 5.92 Å². The molecule has 0 aliphatic carbocycles. The molecular formula is C21H24ClFN2O. The zero-order valence-corrected chi connectivity index (χ0v) is 15.9. The summed E-state index contributed by atoms with van der Waals surface area (Å²) < 4.78 is 13.9. The molecule has 1 aliphatic heterocycles. The SMILES string of the molecule is C[C@H]1CCCN(c2ccc([C@@H](C)NC(=O)c3ccc(Cl)cc3F)cc2)C1. The number of nitrogens with one attached hydrogen (secondary N) is 1. The van der Waals surface area contributed by atoms with E-state index < -0.39 is 11.7 Å². The summed E-state index contributed by atoms with van der Waals surface area (Å²) >= 11 is 5.74. The van der Waals surface area contributed by atoms with E-state index in [4.69, 9.17) is 11.6 Å². The Bertz CT molecular complexity index is 778. The number of halogens is 2. The van der Waals surface area contributed by atoms with Crippen molar-refractivity contribution in [2.45, 2.75) is 32.7 Å². The summed E-state index contributed by atoms with van der Waals surface area (Å²) in [5.41, 5.74) is 2.20. The van der Waals surface area contributed by atoms with Gasteiger partial charge in [-0.1, -0.05) is 30.7 Å². The molecule has 26 heavy (non-hydrogen) atoms. The summed E-state index contributed by atoms with van der Waals surface area (Å²) in [5, 5.41) is 3.12. The van der Waals surface area contributed by atoms with Gasteiger partial charge in [-0.15, -0.1) is 0 Å². The van der Waals surface area contributed by atoms with Crippen LogP contribution in [0.4, 0.5) is 10.1 Å². The van der Waals surface area contributed by atoms with Gasteiger partial charge in [0.05, 0.1) is 11.6 Å². The average molecular weight is 375 g/mol. The van der Waals surface area contributed by atoms with Gasteiger partial charge < -0.3 is 10.2 Å². The molecule has 0 radical (unpaired) electrons. The van der Waals surface area contributed by atoms with Gasteiger partial charge in [-0.25, -0.2) is 4.39 Å². The minimum absolute atomic E-state index is 0.000162. The molecule has 3 rings (SSSR count). The van der Waals surface area contributed by atoms with Crippen molar-refractivity contribution in [1.29, 1.82) is 0 Å². The van der Waals surface area contributed by atoms with Gasteiger partial charge in [0.2, 0.25) is 0 Å². The molecule has 1 N–H and O–H groups in total. The van der Waals surface area contributed by atoms with E-state index in [1.54, 1.807) is 0 Å². The second-order valence-electron chi connectivity index (χ2n) is 7.10.